The summed E-state index contributed by atoms with van der Waals surface area (Å²) in [7, 11) is 1.81. The maximum absolute atomic E-state index is 11.8. The van der Waals surface area contributed by atoms with Crippen LogP contribution in [0.2, 0.25) is 0 Å². The number of nitrogens with two attached hydrogens (primary N) is 1. The van der Waals surface area contributed by atoms with Gasteiger partial charge in [-0.2, -0.15) is 0 Å². The topological polar surface area (TPSA) is 55.6 Å². The minimum atomic E-state index is -0.257. The molecule has 0 bridgehead atoms. The highest BCUT2D eigenvalue weighted by Gasteiger charge is 2.37. The Hall–Kier alpha value is -0.610. The Labute approximate surface area is 104 Å². The molecule has 0 radical (unpaired) electrons. The molecule has 2 unspecified atom stereocenters. The molecular weight excluding hydrogens is 216 g/mol. The second-order valence-corrected chi connectivity index (χ2v) is 5.62. The SMILES string of the molecule is CC1CCC(CN)(OCC(=O)N(C)C(C)C)C1. The van der Waals surface area contributed by atoms with Gasteiger partial charge in [0.15, 0.2) is 0 Å². The normalized spacial score (nSPS) is 28.7. The van der Waals surface area contributed by atoms with Crippen molar-refractivity contribution in [2.45, 2.75) is 51.7 Å². The zero-order valence-corrected chi connectivity index (χ0v) is 11.5. The van der Waals surface area contributed by atoms with E-state index >= 15 is 0 Å². The minimum Gasteiger partial charge on any atom is -0.364 e. The molecule has 0 spiro atoms. The number of hydrogen-bond acceptors (Lipinski definition) is 3. The van der Waals surface area contributed by atoms with Gasteiger partial charge in [0, 0.05) is 19.6 Å². The first-order valence-corrected chi connectivity index (χ1v) is 6.50. The fourth-order valence-corrected chi connectivity index (χ4v) is 2.33. The van der Waals surface area contributed by atoms with Gasteiger partial charge in [-0.3, -0.25) is 4.79 Å². The molecule has 17 heavy (non-hydrogen) atoms. The lowest BCUT2D eigenvalue weighted by atomic mass is 10.0. The van der Waals surface area contributed by atoms with Crippen molar-refractivity contribution in [3.8, 4) is 0 Å². The monoisotopic (exact) mass is 242 g/mol. The summed E-state index contributed by atoms with van der Waals surface area (Å²) in [5.41, 5.74) is 5.55. The third-order valence-electron chi connectivity index (χ3n) is 3.86. The molecule has 4 nitrogen and oxygen atoms in total. The maximum atomic E-state index is 11.8. The van der Waals surface area contributed by atoms with Crippen LogP contribution >= 0.6 is 0 Å². The lowest BCUT2D eigenvalue weighted by Crippen LogP contribution is -2.43. The van der Waals surface area contributed by atoms with Crippen molar-refractivity contribution in [2.75, 3.05) is 20.2 Å². The zero-order valence-electron chi connectivity index (χ0n) is 11.5. The summed E-state index contributed by atoms with van der Waals surface area (Å²) in [6.45, 7) is 6.86. The van der Waals surface area contributed by atoms with Gasteiger partial charge in [0.25, 0.3) is 0 Å². The smallest absolute Gasteiger partial charge is 0.248 e. The van der Waals surface area contributed by atoms with Crippen LogP contribution in [0.4, 0.5) is 0 Å². The number of rotatable bonds is 5. The quantitative estimate of drug-likeness (QED) is 0.792. The predicted octanol–water partition coefficient (Wildman–Crippen LogP) is 1.39. The third-order valence-corrected chi connectivity index (χ3v) is 3.86. The summed E-state index contributed by atoms with van der Waals surface area (Å²) in [5, 5.41) is 0. The first-order chi connectivity index (χ1) is 7.90. The highest BCUT2D eigenvalue weighted by molar-refractivity contribution is 5.77. The van der Waals surface area contributed by atoms with Crippen LogP contribution in [0, 0.1) is 5.92 Å². The first kappa shape index (κ1) is 14.5. The number of ether oxygens (including phenoxy) is 1. The van der Waals surface area contributed by atoms with Crippen LogP contribution in [0.15, 0.2) is 0 Å². The second-order valence-electron chi connectivity index (χ2n) is 5.62. The molecule has 4 heteroatoms. The van der Waals surface area contributed by atoms with Gasteiger partial charge in [-0.15, -0.1) is 0 Å². The average Bonchev–Trinajstić information content (AvgIpc) is 2.67. The van der Waals surface area contributed by atoms with Crippen molar-refractivity contribution in [1.82, 2.24) is 4.90 Å². The molecule has 0 saturated heterocycles. The van der Waals surface area contributed by atoms with Gasteiger partial charge in [0.1, 0.15) is 6.61 Å². The van der Waals surface area contributed by atoms with E-state index in [0.717, 1.165) is 19.3 Å². The van der Waals surface area contributed by atoms with E-state index in [1.54, 1.807) is 4.90 Å². The fraction of sp³-hybridized carbons (Fsp3) is 0.923. The van der Waals surface area contributed by atoms with Gasteiger partial charge in [-0.1, -0.05) is 6.92 Å². The van der Waals surface area contributed by atoms with E-state index < -0.39 is 0 Å². The fourth-order valence-electron chi connectivity index (χ4n) is 2.33. The third kappa shape index (κ3) is 3.68. The number of hydrogen-bond donors (Lipinski definition) is 1. The summed E-state index contributed by atoms with van der Waals surface area (Å²) in [4.78, 5) is 13.6. The molecule has 1 aliphatic carbocycles. The molecule has 0 heterocycles. The molecule has 1 amide bonds. The van der Waals surface area contributed by atoms with Crippen LogP contribution in [0.1, 0.15) is 40.0 Å². The molecule has 0 aromatic carbocycles. The van der Waals surface area contributed by atoms with Gasteiger partial charge in [-0.25, -0.2) is 0 Å². The van der Waals surface area contributed by atoms with Crippen molar-refractivity contribution in [3.63, 3.8) is 0 Å². The van der Waals surface area contributed by atoms with Gasteiger partial charge >= 0.3 is 0 Å². The Morgan fingerprint density at radius 3 is 2.65 bits per heavy atom. The molecule has 1 aliphatic rings. The summed E-state index contributed by atoms with van der Waals surface area (Å²) >= 11 is 0. The molecule has 0 aromatic heterocycles. The molecule has 2 N–H and O–H groups in total. The molecule has 0 aliphatic heterocycles. The standard InChI is InChI=1S/C13H26N2O2/c1-10(2)15(4)12(16)8-17-13(9-14)6-5-11(3)7-13/h10-11H,5-9,14H2,1-4H3. The molecule has 2 atom stereocenters. The van der Waals surface area contributed by atoms with Crippen molar-refractivity contribution in [2.24, 2.45) is 11.7 Å². The number of nitrogens with zero attached hydrogens (tertiary/aromatic N) is 1. The Morgan fingerprint density at radius 2 is 2.24 bits per heavy atom. The Bertz CT molecular complexity index is 268. The number of carbonyl (C=O) groups excluding carboxylic acids is 1. The van der Waals surface area contributed by atoms with Crippen molar-refractivity contribution in [3.05, 3.63) is 0 Å². The highest BCUT2D eigenvalue weighted by Crippen LogP contribution is 2.36. The maximum Gasteiger partial charge on any atom is 0.248 e. The van der Waals surface area contributed by atoms with Crippen molar-refractivity contribution >= 4 is 5.91 Å². The van der Waals surface area contributed by atoms with E-state index in [4.69, 9.17) is 10.5 Å². The highest BCUT2D eigenvalue weighted by atomic mass is 16.5. The van der Waals surface area contributed by atoms with Crippen LogP contribution in [0.25, 0.3) is 0 Å². The first-order valence-electron chi connectivity index (χ1n) is 6.50. The van der Waals surface area contributed by atoms with Gasteiger partial charge < -0.3 is 15.4 Å². The van der Waals surface area contributed by atoms with E-state index in [1.807, 2.05) is 20.9 Å². The molecule has 1 rings (SSSR count). The second kappa shape index (κ2) is 5.83. The van der Waals surface area contributed by atoms with Crippen LogP contribution < -0.4 is 5.73 Å². The summed E-state index contributed by atoms with van der Waals surface area (Å²) in [6, 6.07) is 0.211. The number of likely N-dealkylation sites (N-methyl/N-ethyl adjacent to an activating group) is 1. The largest absolute Gasteiger partial charge is 0.364 e. The molecule has 100 valence electrons. The molecular formula is C13H26N2O2. The molecule has 1 saturated carbocycles. The lowest BCUT2D eigenvalue weighted by Gasteiger charge is -2.29. The van der Waals surface area contributed by atoms with Crippen LogP contribution in [-0.4, -0.2) is 42.6 Å². The van der Waals surface area contributed by atoms with Crippen molar-refractivity contribution < 1.29 is 9.53 Å². The van der Waals surface area contributed by atoms with E-state index in [-0.39, 0.29) is 24.2 Å². The minimum absolute atomic E-state index is 0.0346. The van der Waals surface area contributed by atoms with Crippen LogP contribution in [0.5, 0.6) is 0 Å². The van der Waals surface area contributed by atoms with Gasteiger partial charge in [0.2, 0.25) is 5.91 Å². The molecule has 0 aromatic rings. The summed E-state index contributed by atoms with van der Waals surface area (Å²) < 4.78 is 5.83. The van der Waals surface area contributed by atoms with E-state index in [1.165, 1.54) is 0 Å². The number of carbonyl (C=O) groups is 1. The van der Waals surface area contributed by atoms with E-state index in [2.05, 4.69) is 6.92 Å². The number of amides is 1. The van der Waals surface area contributed by atoms with E-state index in [9.17, 15) is 4.79 Å². The van der Waals surface area contributed by atoms with Crippen LogP contribution in [0.3, 0.4) is 0 Å². The Kier molecular flexibility index (Phi) is 4.95. The predicted molar refractivity (Wildman–Crippen MR) is 68.7 cm³/mol. The summed E-state index contributed by atoms with van der Waals surface area (Å²) in [5.74, 6) is 0.684. The zero-order chi connectivity index (χ0) is 13.1. The summed E-state index contributed by atoms with van der Waals surface area (Å²) in [6.07, 6.45) is 3.09. The van der Waals surface area contributed by atoms with Gasteiger partial charge in [0.05, 0.1) is 5.60 Å². The molecule has 1 fully saturated rings. The van der Waals surface area contributed by atoms with E-state index in [0.29, 0.717) is 12.5 Å². The Morgan fingerprint density at radius 1 is 1.59 bits per heavy atom. The van der Waals surface area contributed by atoms with Crippen LogP contribution in [-0.2, 0) is 9.53 Å². The van der Waals surface area contributed by atoms with Crippen molar-refractivity contribution in [1.29, 1.82) is 0 Å². The van der Waals surface area contributed by atoms with Gasteiger partial charge in [-0.05, 0) is 39.0 Å². The average molecular weight is 242 g/mol. The lowest BCUT2D eigenvalue weighted by molar-refractivity contribution is -0.143. The Balaban J connectivity index is 2.46.